The van der Waals surface area contributed by atoms with Crippen LogP contribution in [0.2, 0.25) is 0 Å². The van der Waals surface area contributed by atoms with Gasteiger partial charge in [-0.25, -0.2) is 0 Å². The van der Waals surface area contributed by atoms with Crippen LogP contribution in [0.4, 0.5) is 18.9 Å². The third kappa shape index (κ3) is 4.18. The van der Waals surface area contributed by atoms with Crippen molar-refractivity contribution in [2.75, 3.05) is 18.0 Å². The Kier molecular flexibility index (Phi) is 6.45. The van der Waals surface area contributed by atoms with Crippen LogP contribution in [0.5, 0.6) is 5.75 Å². The second kappa shape index (κ2) is 6.86. The highest BCUT2D eigenvalue weighted by Crippen LogP contribution is 2.36. The average molecular weight is 299 g/mol. The predicted octanol–water partition coefficient (Wildman–Crippen LogP) is 3.22. The molecule has 3 N–H and O–H groups in total. The Morgan fingerprint density at radius 3 is 2.16 bits per heavy atom. The smallest absolute Gasteiger partial charge is 0.407 e. The summed E-state index contributed by atoms with van der Waals surface area (Å²) in [6.07, 6.45) is -4.56. The molecule has 0 radical (unpaired) electrons. The summed E-state index contributed by atoms with van der Waals surface area (Å²) in [5.41, 5.74) is 5.43. The third-order valence-corrected chi connectivity index (χ3v) is 2.83. The van der Waals surface area contributed by atoms with Crippen molar-refractivity contribution in [3.8, 4) is 5.75 Å². The van der Waals surface area contributed by atoms with Gasteiger partial charge in [-0.1, -0.05) is 6.07 Å². The van der Waals surface area contributed by atoms with E-state index in [1.165, 1.54) is 18.2 Å². The lowest BCUT2D eigenvalue weighted by Gasteiger charge is -2.23. The molecule has 0 fully saturated rings. The van der Waals surface area contributed by atoms with Crippen molar-refractivity contribution in [1.29, 1.82) is 0 Å². The highest BCUT2D eigenvalue weighted by Gasteiger charge is 2.39. The molecule has 0 aromatic heterocycles. The minimum atomic E-state index is -4.56. The molecule has 0 aliphatic carbocycles. The van der Waals surface area contributed by atoms with Crippen LogP contribution in [0.3, 0.4) is 0 Å². The van der Waals surface area contributed by atoms with Crippen LogP contribution < -0.4 is 10.6 Å². The van der Waals surface area contributed by atoms with E-state index in [-0.39, 0.29) is 18.0 Å². The van der Waals surface area contributed by atoms with Gasteiger partial charge in [0.2, 0.25) is 0 Å². The maximum absolute atomic E-state index is 12.5. The van der Waals surface area contributed by atoms with E-state index >= 15 is 0 Å². The minimum absolute atomic E-state index is 0. The summed E-state index contributed by atoms with van der Waals surface area (Å²) in [7, 11) is 0. The standard InChI is InChI=1S/C12H17F3N2O.ClH/c1-3-17(4-2)8-5-6-9(10(18)7-8)11(16)12(13,14)15;/h5-7,11,18H,3-4,16H2,1-2H3;1H/t11-;/m0./s1. The molecule has 3 nitrogen and oxygen atoms in total. The molecule has 0 bridgehead atoms. The Labute approximate surface area is 116 Å². The van der Waals surface area contributed by atoms with Crippen LogP contribution in [-0.4, -0.2) is 24.4 Å². The molecule has 0 amide bonds. The van der Waals surface area contributed by atoms with Crippen molar-refractivity contribution in [3.63, 3.8) is 0 Å². The molecule has 1 aromatic carbocycles. The fourth-order valence-corrected chi connectivity index (χ4v) is 1.76. The maximum atomic E-state index is 12.5. The Balaban J connectivity index is 0.00000324. The largest absolute Gasteiger partial charge is 0.508 e. The zero-order valence-corrected chi connectivity index (χ0v) is 11.6. The fourth-order valence-electron chi connectivity index (χ4n) is 1.76. The summed E-state index contributed by atoms with van der Waals surface area (Å²) in [6, 6.07) is 1.91. The molecule has 0 unspecified atom stereocenters. The third-order valence-electron chi connectivity index (χ3n) is 2.83. The first-order chi connectivity index (χ1) is 8.31. The monoisotopic (exact) mass is 298 g/mol. The fraction of sp³-hybridized carbons (Fsp3) is 0.500. The number of anilines is 1. The number of alkyl halides is 3. The second-order valence-electron chi connectivity index (χ2n) is 3.93. The number of nitrogens with zero attached hydrogens (tertiary/aromatic N) is 1. The zero-order valence-electron chi connectivity index (χ0n) is 10.7. The Morgan fingerprint density at radius 1 is 1.26 bits per heavy atom. The molecule has 7 heteroatoms. The van der Waals surface area contributed by atoms with E-state index in [0.29, 0.717) is 18.8 Å². The van der Waals surface area contributed by atoms with Gasteiger partial charge in [-0.2, -0.15) is 13.2 Å². The first-order valence-corrected chi connectivity index (χ1v) is 5.71. The second-order valence-corrected chi connectivity index (χ2v) is 3.93. The number of aromatic hydroxyl groups is 1. The van der Waals surface area contributed by atoms with Gasteiger partial charge in [0.25, 0.3) is 0 Å². The van der Waals surface area contributed by atoms with Crippen LogP contribution >= 0.6 is 12.4 Å². The van der Waals surface area contributed by atoms with E-state index in [9.17, 15) is 18.3 Å². The van der Waals surface area contributed by atoms with Gasteiger partial charge in [0.15, 0.2) is 0 Å². The molecule has 1 atom stereocenters. The van der Waals surface area contributed by atoms with Gasteiger partial charge in [-0.15, -0.1) is 12.4 Å². The van der Waals surface area contributed by atoms with Gasteiger partial charge < -0.3 is 15.7 Å². The molecule has 0 aliphatic heterocycles. The van der Waals surface area contributed by atoms with Gasteiger partial charge in [0.1, 0.15) is 11.8 Å². The van der Waals surface area contributed by atoms with Gasteiger partial charge in [-0.3, -0.25) is 0 Å². The lowest BCUT2D eigenvalue weighted by Crippen LogP contribution is -2.28. The van der Waals surface area contributed by atoms with E-state index in [4.69, 9.17) is 5.73 Å². The first kappa shape index (κ1) is 17.9. The molecule has 0 heterocycles. The molecule has 0 aliphatic rings. The molecule has 0 saturated carbocycles. The van der Waals surface area contributed by atoms with Crippen molar-refractivity contribution in [3.05, 3.63) is 23.8 Å². The van der Waals surface area contributed by atoms with Gasteiger partial charge in [-0.05, 0) is 19.9 Å². The Hall–Kier alpha value is -1.14. The SMILES string of the molecule is CCN(CC)c1ccc([C@H](N)C(F)(F)F)c(O)c1.Cl. The van der Waals surface area contributed by atoms with E-state index in [0.717, 1.165) is 0 Å². The van der Waals surface area contributed by atoms with E-state index < -0.39 is 18.0 Å². The average Bonchev–Trinajstić information content (AvgIpc) is 2.29. The highest BCUT2D eigenvalue weighted by atomic mass is 35.5. The van der Waals surface area contributed by atoms with Gasteiger partial charge in [0.05, 0.1) is 0 Å². The summed E-state index contributed by atoms with van der Waals surface area (Å²) in [4.78, 5) is 1.92. The van der Waals surface area contributed by atoms with Crippen LogP contribution in [0.1, 0.15) is 25.5 Å². The summed E-state index contributed by atoms with van der Waals surface area (Å²) < 4.78 is 37.4. The van der Waals surface area contributed by atoms with Crippen LogP contribution in [0.15, 0.2) is 18.2 Å². The summed E-state index contributed by atoms with van der Waals surface area (Å²) >= 11 is 0. The number of phenolic OH excluding ortho intramolecular Hbond substituents is 1. The molecule has 1 aromatic rings. The number of hydrogen-bond acceptors (Lipinski definition) is 3. The summed E-state index contributed by atoms with van der Waals surface area (Å²) in [5, 5.41) is 9.66. The number of benzene rings is 1. The number of halogens is 4. The number of rotatable bonds is 4. The Morgan fingerprint density at radius 2 is 1.79 bits per heavy atom. The number of nitrogens with two attached hydrogens (primary N) is 1. The highest BCUT2D eigenvalue weighted by molar-refractivity contribution is 5.85. The summed E-state index contributed by atoms with van der Waals surface area (Å²) in [6.45, 7) is 5.27. The van der Waals surface area contributed by atoms with Crippen molar-refractivity contribution in [2.24, 2.45) is 5.73 Å². The van der Waals surface area contributed by atoms with Crippen molar-refractivity contribution in [1.82, 2.24) is 0 Å². The zero-order chi connectivity index (χ0) is 13.9. The molecule has 19 heavy (non-hydrogen) atoms. The first-order valence-electron chi connectivity index (χ1n) is 5.71. The summed E-state index contributed by atoms with van der Waals surface area (Å²) in [5.74, 6) is -0.427. The van der Waals surface area contributed by atoms with Crippen molar-refractivity contribution >= 4 is 18.1 Å². The maximum Gasteiger partial charge on any atom is 0.407 e. The molecule has 1 rings (SSSR count). The topological polar surface area (TPSA) is 49.5 Å². The van der Waals surface area contributed by atoms with Crippen LogP contribution in [0, 0.1) is 0 Å². The van der Waals surface area contributed by atoms with Crippen molar-refractivity contribution in [2.45, 2.75) is 26.1 Å². The van der Waals surface area contributed by atoms with Crippen LogP contribution in [0.25, 0.3) is 0 Å². The molecular weight excluding hydrogens is 281 g/mol. The van der Waals surface area contributed by atoms with Gasteiger partial charge in [0, 0.05) is 30.4 Å². The molecule has 110 valence electrons. The Bertz CT molecular complexity index is 408. The van der Waals surface area contributed by atoms with Gasteiger partial charge >= 0.3 is 6.18 Å². The number of hydrogen-bond donors (Lipinski definition) is 2. The predicted molar refractivity (Wildman–Crippen MR) is 71.9 cm³/mol. The normalized spacial score (nSPS) is 12.7. The number of phenols is 1. The molecular formula is C12H18ClF3N2O. The molecule has 0 spiro atoms. The van der Waals surface area contributed by atoms with Crippen LogP contribution in [-0.2, 0) is 0 Å². The lowest BCUT2D eigenvalue weighted by atomic mass is 10.1. The van der Waals surface area contributed by atoms with E-state index in [1.54, 1.807) is 0 Å². The van der Waals surface area contributed by atoms with Crippen molar-refractivity contribution < 1.29 is 18.3 Å². The minimum Gasteiger partial charge on any atom is -0.508 e. The quantitative estimate of drug-likeness (QED) is 0.897. The van der Waals surface area contributed by atoms with E-state index in [2.05, 4.69) is 0 Å². The molecule has 0 saturated heterocycles. The van der Waals surface area contributed by atoms with E-state index in [1.807, 2.05) is 18.7 Å². The lowest BCUT2D eigenvalue weighted by molar-refractivity contribution is -0.149.